The fourth-order valence-electron chi connectivity index (χ4n) is 4.52. The van der Waals surface area contributed by atoms with Gasteiger partial charge in [0.25, 0.3) is 0 Å². The summed E-state index contributed by atoms with van der Waals surface area (Å²) < 4.78 is 6.17. The Morgan fingerprint density at radius 1 is 1.19 bits per heavy atom. The zero-order valence-electron chi connectivity index (χ0n) is 16.9. The van der Waals surface area contributed by atoms with Crippen LogP contribution in [0.25, 0.3) is 10.2 Å². The normalized spacial score (nSPS) is 20.8. The highest BCUT2D eigenvalue weighted by Gasteiger charge is 2.33. The predicted molar refractivity (Wildman–Crippen MR) is 113 cm³/mol. The summed E-state index contributed by atoms with van der Waals surface area (Å²) >= 11 is 1.74. The number of aromatic nitrogens is 2. The molecule has 2 aliphatic rings. The van der Waals surface area contributed by atoms with Crippen molar-refractivity contribution in [3.63, 3.8) is 0 Å². The first-order valence-corrected chi connectivity index (χ1v) is 11.4. The highest BCUT2D eigenvalue weighted by Crippen LogP contribution is 2.32. The number of thiophene rings is 1. The summed E-state index contributed by atoms with van der Waals surface area (Å²) in [5.74, 6) is 2.04. The van der Waals surface area contributed by atoms with E-state index in [-0.39, 0.29) is 0 Å². The third-order valence-electron chi connectivity index (χ3n) is 6.04. The summed E-state index contributed by atoms with van der Waals surface area (Å²) in [5, 5.41) is 3.46. The maximum Gasteiger partial charge on any atom is 0.226 e. The Labute approximate surface area is 166 Å². The number of likely N-dealkylation sites (tertiary alicyclic amines) is 1. The number of anilines is 1. The van der Waals surface area contributed by atoms with Gasteiger partial charge < -0.3 is 9.64 Å². The molecule has 27 heavy (non-hydrogen) atoms. The number of ether oxygens (including phenoxy) is 1. The predicted octanol–water partition coefficient (Wildman–Crippen LogP) is 4.49. The van der Waals surface area contributed by atoms with Crippen LogP contribution in [0.15, 0.2) is 11.6 Å². The lowest BCUT2D eigenvalue weighted by molar-refractivity contribution is -0.0858. The van der Waals surface area contributed by atoms with Crippen molar-refractivity contribution in [1.82, 2.24) is 14.9 Å². The van der Waals surface area contributed by atoms with E-state index in [2.05, 4.69) is 36.0 Å². The molecule has 1 atom stereocenters. The van der Waals surface area contributed by atoms with Crippen molar-refractivity contribution >= 4 is 27.5 Å². The van der Waals surface area contributed by atoms with Crippen LogP contribution in [-0.4, -0.2) is 53.9 Å². The highest BCUT2D eigenvalue weighted by atomic mass is 32.1. The van der Waals surface area contributed by atoms with Crippen LogP contribution in [0.2, 0.25) is 0 Å². The number of piperidine rings is 1. The van der Waals surface area contributed by atoms with Crippen molar-refractivity contribution in [2.75, 3.05) is 37.7 Å². The molecule has 0 saturated carbocycles. The van der Waals surface area contributed by atoms with Crippen LogP contribution in [0.1, 0.15) is 57.9 Å². The second-order valence-electron chi connectivity index (χ2n) is 8.15. The SMILES string of the molecule is CCOC(C1CCN(c2ncc3c(C(C)C)csc3n2)CC1)N1CCCC1. The summed E-state index contributed by atoms with van der Waals surface area (Å²) in [6.45, 7) is 11.8. The van der Waals surface area contributed by atoms with Crippen LogP contribution < -0.4 is 4.90 Å². The van der Waals surface area contributed by atoms with Gasteiger partial charge in [-0.1, -0.05) is 13.8 Å². The topological polar surface area (TPSA) is 41.5 Å². The minimum Gasteiger partial charge on any atom is -0.363 e. The summed E-state index contributed by atoms with van der Waals surface area (Å²) in [4.78, 5) is 15.6. The van der Waals surface area contributed by atoms with Crippen LogP contribution in [0, 0.1) is 5.92 Å². The van der Waals surface area contributed by atoms with Gasteiger partial charge >= 0.3 is 0 Å². The quantitative estimate of drug-likeness (QED) is 0.729. The van der Waals surface area contributed by atoms with E-state index in [1.807, 2.05) is 6.20 Å². The first kappa shape index (κ1) is 19.1. The lowest BCUT2D eigenvalue weighted by atomic mass is 9.94. The van der Waals surface area contributed by atoms with Crippen molar-refractivity contribution < 1.29 is 4.74 Å². The lowest BCUT2D eigenvalue weighted by Crippen LogP contribution is -2.46. The molecule has 2 saturated heterocycles. The van der Waals surface area contributed by atoms with E-state index in [9.17, 15) is 0 Å². The Balaban J connectivity index is 1.43. The molecule has 4 heterocycles. The fourth-order valence-corrected chi connectivity index (χ4v) is 5.59. The molecule has 0 aromatic carbocycles. The molecule has 0 radical (unpaired) electrons. The summed E-state index contributed by atoms with van der Waals surface area (Å²) in [6, 6.07) is 0. The van der Waals surface area contributed by atoms with E-state index in [1.54, 1.807) is 11.3 Å². The van der Waals surface area contributed by atoms with E-state index in [0.717, 1.165) is 43.3 Å². The Morgan fingerprint density at radius 3 is 2.59 bits per heavy atom. The number of hydrogen-bond acceptors (Lipinski definition) is 6. The maximum absolute atomic E-state index is 6.17. The minimum atomic E-state index is 0.300. The van der Waals surface area contributed by atoms with Gasteiger partial charge in [0.15, 0.2) is 0 Å². The van der Waals surface area contributed by atoms with Gasteiger partial charge in [-0.2, -0.15) is 0 Å². The Morgan fingerprint density at radius 2 is 1.93 bits per heavy atom. The largest absolute Gasteiger partial charge is 0.363 e. The fraction of sp³-hybridized carbons (Fsp3) is 0.714. The smallest absolute Gasteiger partial charge is 0.226 e. The molecule has 0 aliphatic carbocycles. The zero-order chi connectivity index (χ0) is 18.8. The van der Waals surface area contributed by atoms with Crippen molar-refractivity contribution in [3.05, 3.63) is 17.1 Å². The van der Waals surface area contributed by atoms with Gasteiger partial charge in [0.2, 0.25) is 5.95 Å². The van der Waals surface area contributed by atoms with Gasteiger partial charge in [0.05, 0.1) is 0 Å². The molecule has 2 aromatic rings. The number of rotatable bonds is 6. The zero-order valence-corrected chi connectivity index (χ0v) is 17.7. The molecular formula is C21H32N4OS. The molecule has 1 unspecified atom stereocenters. The number of fused-ring (bicyclic) bond motifs is 1. The van der Waals surface area contributed by atoms with E-state index in [4.69, 9.17) is 14.7 Å². The molecule has 2 aromatic heterocycles. The average molecular weight is 389 g/mol. The first-order chi connectivity index (χ1) is 13.2. The van der Waals surface area contributed by atoms with Crippen LogP contribution in [0.5, 0.6) is 0 Å². The molecule has 148 valence electrons. The summed E-state index contributed by atoms with van der Waals surface area (Å²) in [6.07, 6.45) is 7.27. The second-order valence-corrected chi connectivity index (χ2v) is 9.01. The molecular weight excluding hydrogens is 356 g/mol. The second kappa shape index (κ2) is 8.41. The molecule has 2 fully saturated rings. The van der Waals surface area contributed by atoms with Crippen molar-refractivity contribution in [2.45, 2.75) is 58.6 Å². The standard InChI is InChI=1S/C21H32N4OS/c1-4-26-20(24-9-5-6-10-24)16-7-11-25(12-8-16)21-22-13-17-18(15(2)3)14-27-19(17)23-21/h13-16,20H,4-12H2,1-3H3. The summed E-state index contributed by atoms with van der Waals surface area (Å²) in [5.41, 5.74) is 1.37. The van der Waals surface area contributed by atoms with Crippen LogP contribution in [0.3, 0.4) is 0 Å². The Kier molecular flexibility index (Phi) is 5.95. The highest BCUT2D eigenvalue weighted by molar-refractivity contribution is 7.16. The van der Waals surface area contributed by atoms with E-state index >= 15 is 0 Å². The van der Waals surface area contributed by atoms with E-state index < -0.39 is 0 Å². The number of nitrogens with zero attached hydrogens (tertiary/aromatic N) is 4. The van der Waals surface area contributed by atoms with E-state index in [1.165, 1.54) is 36.9 Å². The van der Waals surface area contributed by atoms with Gasteiger partial charge in [-0.05, 0) is 49.5 Å². The van der Waals surface area contributed by atoms with Crippen molar-refractivity contribution in [3.8, 4) is 0 Å². The average Bonchev–Trinajstić information content (AvgIpc) is 3.35. The minimum absolute atomic E-state index is 0.300. The molecule has 0 N–H and O–H groups in total. The van der Waals surface area contributed by atoms with Crippen LogP contribution >= 0.6 is 11.3 Å². The van der Waals surface area contributed by atoms with Gasteiger partial charge in [-0.25, -0.2) is 9.97 Å². The Bertz CT molecular complexity index is 748. The maximum atomic E-state index is 6.17. The molecule has 2 aliphatic heterocycles. The summed E-state index contributed by atoms with van der Waals surface area (Å²) in [7, 11) is 0. The van der Waals surface area contributed by atoms with Gasteiger partial charge in [0.1, 0.15) is 11.1 Å². The molecule has 0 spiro atoms. The third-order valence-corrected chi connectivity index (χ3v) is 6.94. The van der Waals surface area contributed by atoms with Crippen molar-refractivity contribution in [2.24, 2.45) is 5.92 Å². The van der Waals surface area contributed by atoms with Crippen LogP contribution in [-0.2, 0) is 4.74 Å². The van der Waals surface area contributed by atoms with Gasteiger partial charge in [-0.3, -0.25) is 4.90 Å². The molecule has 0 bridgehead atoms. The molecule has 0 amide bonds. The molecule has 5 nitrogen and oxygen atoms in total. The van der Waals surface area contributed by atoms with Gasteiger partial charge in [-0.15, -0.1) is 11.3 Å². The third kappa shape index (κ3) is 3.98. The Hall–Kier alpha value is -1.24. The molecule has 6 heteroatoms. The van der Waals surface area contributed by atoms with E-state index in [0.29, 0.717) is 18.1 Å². The monoisotopic (exact) mass is 388 g/mol. The van der Waals surface area contributed by atoms with Gasteiger partial charge in [0, 0.05) is 50.3 Å². The lowest BCUT2D eigenvalue weighted by Gasteiger charge is -2.39. The van der Waals surface area contributed by atoms with Crippen LogP contribution in [0.4, 0.5) is 5.95 Å². The molecule has 4 rings (SSSR count). The number of hydrogen-bond donors (Lipinski definition) is 0. The first-order valence-electron chi connectivity index (χ1n) is 10.5. The van der Waals surface area contributed by atoms with Crippen molar-refractivity contribution in [1.29, 1.82) is 0 Å².